The maximum absolute atomic E-state index is 5.87. The van der Waals surface area contributed by atoms with E-state index in [9.17, 15) is 0 Å². The fraction of sp³-hybridized carbons (Fsp3) is 1.00. The molecule has 0 fully saturated rings. The quantitative estimate of drug-likeness (QED) is 0.640. The van der Waals surface area contributed by atoms with E-state index in [1.54, 1.807) is 0 Å². The summed E-state index contributed by atoms with van der Waals surface area (Å²) in [6, 6.07) is 0.529. The van der Waals surface area contributed by atoms with Crippen molar-refractivity contribution in [3.63, 3.8) is 0 Å². The third kappa shape index (κ3) is 4.63. The van der Waals surface area contributed by atoms with E-state index in [1.807, 2.05) is 0 Å². The van der Waals surface area contributed by atoms with Crippen LogP contribution in [0.4, 0.5) is 0 Å². The van der Waals surface area contributed by atoms with Crippen LogP contribution in [0.5, 0.6) is 0 Å². The van der Waals surface area contributed by atoms with Crippen molar-refractivity contribution in [2.24, 2.45) is 5.73 Å². The lowest BCUT2D eigenvalue weighted by molar-refractivity contribution is 0.262. The van der Waals surface area contributed by atoms with Gasteiger partial charge in [0.05, 0.1) is 0 Å². The van der Waals surface area contributed by atoms with E-state index in [0.717, 1.165) is 6.54 Å². The lowest BCUT2D eigenvalue weighted by atomic mass is 9.88. The fourth-order valence-electron chi connectivity index (χ4n) is 2.10. The minimum absolute atomic E-state index is 0.192. The predicted molar refractivity (Wildman–Crippen MR) is 59.9 cm³/mol. The molecule has 0 bridgehead atoms. The van der Waals surface area contributed by atoms with Crippen LogP contribution in [0, 0.1) is 0 Å². The average molecular weight is 186 g/mol. The zero-order valence-electron chi connectivity index (χ0n) is 9.69. The molecule has 2 nitrogen and oxygen atoms in total. The van der Waals surface area contributed by atoms with E-state index in [-0.39, 0.29) is 5.54 Å². The van der Waals surface area contributed by atoms with Crippen LogP contribution in [-0.2, 0) is 0 Å². The Hall–Kier alpha value is -0.0800. The summed E-state index contributed by atoms with van der Waals surface area (Å²) in [7, 11) is 0. The molecule has 0 saturated heterocycles. The minimum Gasteiger partial charge on any atom is -0.329 e. The number of hydrogen-bond donors (Lipinski definition) is 2. The van der Waals surface area contributed by atoms with Crippen LogP contribution in [0.15, 0.2) is 0 Å². The van der Waals surface area contributed by atoms with Crippen LogP contribution >= 0.6 is 0 Å². The summed E-state index contributed by atoms with van der Waals surface area (Å²) in [6.07, 6.45) is 4.79. The van der Waals surface area contributed by atoms with Gasteiger partial charge in [-0.25, -0.2) is 0 Å². The van der Waals surface area contributed by atoms with Crippen molar-refractivity contribution in [2.75, 3.05) is 6.54 Å². The van der Waals surface area contributed by atoms with E-state index >= 15 is 0 Å². The lowest BCUT2D eigenvalue weighted by Crippen LogP contribution is -2.53. The summed E-state index contributed by atoms with van der Waals surface area (Å²) < 4.78 is 0. The van der Waals surface area contributed by atoms with Crippen LogP contribution in [0.3, 0.4) is 0 Å². The third-order valence-electron chi connectivity index (χ3n) is 2.44. The summed E-state index contributed by atoms with van der Waals surface area (Å²) >= 11 is 0. The molecular weight excluding hydrogens is 160 g/mol. The van der Waals surface area contributed by atoms with E-state index in [1.165, 1.54) is 25.7 Å². The summed E-state index contributed by atoms with van der Waals surface area (Å²) in [4.78, 5) is 0. The zero-order chi connectivity index (χ0) is 10.3. The lowest BCUT2D eigenvalue weighted by Gasteiger charge is -2.35. The second kappa shape index (κ2) is 6.39. The van der Waals surface area contributed by atoms with Gasteiger partial charge in [-0.1, -0.05) is 40.5 Å². The molecule has 0 unspecified atom stereocenters. The molecule has 0 aliphatic heterocycles. The van der Waals surface area contributed by atoms with Gasteiger partial charge in [0.1, 0.15) is 0 Å². The summed E-state index contributed by atoms with van der Waals surface area (Å²) in [6.45, 7) is 9.59. The van der Waals surface area contributed by atoms with Gasteiger partial charge in [-0.3, -0.25) is 0 Å². The molecule has 0 aromatic heterocycles. The largest absolute Gasteiger partial charge is 0.329 e. The van der Waals surface area contributed by atoms with Gasteiger partial charge in [0.25, 0.3) is 0 Å². The van der Waals surface area contributed by atoms with Crippen molar-refractivity contribution in [3.05, 3.63) is 0 Å². The molecule has 0 saturated carbocycles. The Morgan fingerprint density at radius 1 is 1.15 bits per heavy atom. The van der Waals surface area contributed by atoms with Gasteiger partial charge >= 0.3 is 0 Å². The fourth-order valence-corrected chi connectivity index (χ4v) is 2.10. The molecule has 0 heterocycles. The monoisotopic (exact) mass is 186 g/mol. The third-order valence-corrected chi connectivity index (χ3v) is 2.44. The molecule has 0 aromatic carbocycles. The summed E-state index contributed by atoms with van der Waals surface area (Å²) in [5.74, 6) is 0. The first-order valence-corrected chi connectivity index (χ1v) is 5.58. The zero-order valence-corrected chi connectivity index (χ0v) is 9.69. The summed E-state index contributed by atoms with van der Waals surface area (Å²) in [5, 5.41) is 3.62. The van der Waals surface area contributed by atoms with E-state index in [0.29, 0.717) is 6.04 Å². The first kappa shape index (κ1) is 12.9. The Morgan fingerprint density at radius 2 is 1.62 bits per heavy atom. The average Bonchev–Trinajstić information content (AvgIpc) is 2.04. The first-order chi connectivity index (χ1) is 6.10. The van der Waals surface area contributed by atoms with Gasteiger partial charge in [0, 0.05) is 18.1 Å². The molecular formula is C11H26N2. The molecule has 0 aliphatic rings. The van der Waals surface area contributed by atoms with Crippen molar-refractivity contribution in [1.29, 1.82) is 0 Å². The Bertz CT molecular complexity index is 115. The SMILES string of the molecule is CCCC(CN)(CCC)NC(C)C. The highest BCUT2D eigenvalue weighted by atomic mass is 15.0. The second-order valence-corrected chi connectivity index (χ2v) is 4.28. The van der Waals surface area contributed by atoms with Gasteiger partial charge in [-0.15, -0.1) is 0 Å². The molecule has 3 N–H and O–H groups in total. The minimum atomic E-state index is 0.192. The molecule has 0 atom stereocenters. The molecule has 0 amide bonds. The first-order valence-electron chi connectivity index (χ1n) is 5.58. The van der Waals surface area contributed by atoms with Gasteiger partial charge < -0.3 is 11.1 Å². The standard InChI is InChI=1S/C11H26N2/c1-5-7-11(9-12,8-6-2)13-10(3)4/h10,13H,5-9,12H2,1-4H3. The predicted octanol–water partition coefficient (Wildman–Crippen LogP) is 2.28. The van der Waals surface area contributed by atoms with Gasteiger partial charge in [0.2, 0.25) is 0 Å². The highest BCUT2D eigenvalue weighted by molar-refractivity contribution is 4.89. The molecule has 80 valence electrons. The summed E-state index contributed by atoms with van der Waals surface area (Å²) in [5.41, 5.74) is 6.06. The second-order valence-electron chi connectivity index (χ2n) is 4.28. The Morgan fingerprint density at radius 3 is 1.85 bits per heavy atom. The van der Waals surface area contributed by atoms with Crippen molar-refractivity contribution >= 4 is 0 Å². The Balaban J connectivity index is 4.24. The van der Waals surface area contributed by atoms with E-state index in [4.69, 9.17) is 5.73 Å². The number of rotatable bonds is 7. The number of nitrogens with two attached hydrogens (primary N) is 1. The molecule has 0 radical (unpaired) electrons. The molecule has 0 aliphatic carbocycles. The Kier molecular flexibility index (Phi) is 6.35. The number of nitrogens with one attached hydrogen (secondary N) is 1. The smallest absolute Gasteiger partial charge is 0.0306 e. The highest BCUT2D eigenvalue weighted by Crippen LogP contribution is 2.19. The van der Waals surface area contributed by atoms with E-state index < -0.39 is 0 Å². The number of hydrogen-bond acceptors (Lipinski definition) is 2. The highest BCUT2D eigenvalue weighted by Gasteiger charge is 2.26. The van der Waals surface area contributed by atoms with Crippen LogP contribution in [0.25, 0.3) is 0 Å². The molecule has 13 heavy (non-hydrogen) atoms. The molecule has 0 aromatic rings. The van der Waals surface area contributed by atoms with Crippen LogP contribution in [-0.4, -0.2) is 18.1 Å². The van der Waals surface area contributed by atoms with Crippen LogP contribution < -0.4 is 11.1 Å². The molecule has 0 rings (SSSR count). The maximum Gasteiger partial charge on any atom is 0.0306 e. The van der Waals surface area contributed by atoms with Gasteiger partial charge in [0.15, 0.2) is 0 Å². The van der Waals surface area contributed by atoms with Crippen molar-refractivity contribution < 1.29 is 0 Å². The normalized spacial score (nSPS) is 12.5. The van der Waals surface area contributed by atoms with Crippen molar-refractivity contribution in [3.8, 4) is 0 Å². The van der Waals surface area contributed by atoms with Crippen LogP contribution in [0.2, 0.25) is 0 Å². The maximum atomic E-state index is 5.87. The molecule has 0 spiro atoms. The van der Waals surface area contributed by atoms with Crippen molar-refractivity contribution in [1.82, 2.24) is 5.32 Å². The van der Waals surface area contributed by atoms with E-state index in [2.05, 4.69) is 33.0 Å². The van der Waals surface area contributed by atoms with Gasteiger partial charge in [-0.2, -0.15) is 0 Å². The Labute approximate surface area is 83.3 Å². The van der Waals surface area contributed by atoms with Crippen LogP contribution in [0.1, 0.15) is 53.4 Å². The van der Waals surface area contributed by atoms with Gasteiger partial charge in [-0.05, 0) is 12.8 Å². The van der Waals surface area contributed by atoms with Crippen molar-refractivity contribution in [2.45, 2.75) is 65.0 Å². The molecule has 2 heteroatoms. The topological polar surface area (TPSA) is 38.0 Å².